The number of carbonyl (C=O) groups excluding carboxylic acids is 1. The Morgan fingerprint density at radius 3 is 2.82 bits per heavy atom. The first-order valence-corrected chi connectivity index (χ1v) is 9.70. The van der Waals surface area contributed by atoms with Gasteiger partial charge in [0.1, 0.15) is 5.82 Å². The molecule has 1 aliphatic rings. The number of rotatable bonds is 2. The predicted molar refractivity (Wildman–Crippen MR) is 112 cm³/mol. The van der Waals surface area contributed by atoms with Gasteiger partial charge in [-0.15, -0.1) is 0 Å². The minimum absolute atomic E-state index is 0.0145. The average Bonchev–Trinajstić information content (AvgIpc) is 3.03. The Balaban J connectivity index is 1.45. The molecule has 4 rings (SSSR count). The number of hydrogen-bond acceptors (Lipinski definition) is 4. The lowest BCUT2D eigenvalue weighted by Gasteiger charge is -2.40. The second-order valence-corrected chi connectivity index (χ2v) is 7.67. The van der Waals surface area contributed by atoms with E-state index >= 15 is 0 Å². The molecule has 7 nitrogen and oxygen atoms in total. The Morgan fingerprint density at radius 1 is 1.29 bits per heavy atom. The smallest absolute Gasteiger partial charge is 0.324 e. The standard InChI is InChI=1S/C20H23ClN6O/c1-12-9-16-17(10-13(12)2)24-19(23-16)25-20(28)27-8-7-26(11-14(27)3)18-15(21)5-4-6-22-18/h4-6,9-10,14H,7-8,11H2,1-3H3,(H2,23,24,25,28)/t14-/m1/s1. The zero-order valence-corrected chi connectivity index (χ0v) is 16.9. The molecule has 1 aliphatic heterocycles. The van der Waals surface area contributed by atoms with Gasteiger partial charge in [0.2, 0.25) is 5.95 Å². The molecule has 1 atom stereocenters. The SMILES string of the molecule is Cc1cc2nc(NC(=O)N3CCN(c4ncccc4Cl)C[C@H]3C)[nH]c2cc1C. The van der Waals surface area contributed by atoms with Gasteiger partial charge in [0.15, 0.2) is 0 Å². The number of halogens is 1. The number of aromatic nitrogens is 3. The number of H-pyrrole nitrogens is 1. The van der Waals surface area contributed by atoms with Crippen LogP contribution in [0.3, 0.4) is 0 Å². The summed E-state index contributed by atoms with van der Waals surface area (Å²) in [6.45, 7) is 8.06. The van der Waals surface area contributed by atoms with Gasteiger partial charge < -0.3 is 14.8 Å². The number of anilines is 2. The second-order valence-electron chi connectivity index (χ2n) is 7.27. The minimum atomic E-state index is -0.160. The molecule has 1 saturated heterocycles. The molecule has 3 aromatic rings. The summed E-state index contributed by atoms with van der Waals surface area (Å²) < 4.78 is 0. The van der Waals surface area contributed by atoms with Gasteiger partial charge in [-0.3, -0.25) is 5.32 Å². The summed E-state index contributed by atoms with van der Waals surface area (Å²) in [7, 11) is 0. The first-order chi connectivity index (χ1) is 13.4. The van der Waals surface area contributed by atoms with Crippen molar-refractivity contribution in [2.75, 3.05) is 29.9 Å². The van der Waals surface area contributed by atoms with Gasteiger partial charge in [0.25, 0.3) is 0 Å². The molecular formula is C20H23ClN6O. The topological polar surface area (TPSA) is 77.2 Å². The van der Waals surface area contributed by atoms with Crippen LogP contribution in [0.1, 0.15) is 18.1 Å². The van der Waals surface area contributed by atoms with E-state index in [4.69, 9.17) is 11.6 Å². The summed E-state index contributed by atoms with van der Waals surface area (Å²) in [5.74, 6) is 1.23. The van der Waals surface area contributed by atoms with Crippen molar-refractivity contribution in [3.63, 3.8) is 0 Å². The van der Waals surface area contributed by atoms with Crippen LogP contribution < -0.4 is 10.2 Å². The summed E-state index contributed by atoms with van der Waals surface area (Å²) in [4.78, 5) is 28.8. The van der Waals surface area contributed by atoms with Crippen LogP contribution in [0.2, 0.25) is 5.02 Å². The Kier molecular flexibility index (Phi) is 4.85. The molecule has 0 spiro atoms. The number of nitrogens with zero attached hydrogens (tertiary/aromatic N) is 4. The lowest BCUT2D eigenvalue weighted by atomic mass is 10.1. The lowest BCUT2D eigenvalue weighted by molar-refractivity contribution is 0.184. The van der Waals surface area contributed by atoms with E-state index in [0.717, 1.165) is 16.9 Å². The van der Waals surface area contributed by atoms with Crippen molar-refractivity contribution >= 4 is 40.4 Å². The number of carbonyl (C=O) groups is 1. The van der Waals surface area contributed by atoms with E-state index in [2.05, 4.69) is 39.0 Å². The van der Waals surface area contributed by atoms with Gasteiger partial charge in [-0.1, -0.05) is 11.6 Å². The van der Waals surface area contributed by atoms with Crippen molar-refractivity contribution in [2.45, 2.75) is 26.8 Å². The van der Waals surface area contributed by atoms with E-state index < -0.39 is 0 Å². The molecule has 146 valence electrons. The zero-order valence-electron chi connectivity index (χ0n) is 16.2. The first-order valence-electron chi connectivity index (χ1n) is 9.32. The largest absolute Gasteiger partial charge is 0.352 e. The maximum absolute atomic E-state index is 12.8. The Bertz CT molecular complexity index is 994. The van der Waals surface area contributed by atoms with Crippen LogP contribution >= 0.6 is 11.6 Å². The van der Waals surface area contributed by atoms with Gasteiger partial charge in [-0.2, -0.15) is 0 Å². The van der Waals surface area contributed by atoms with Crippen LogP contribution in [0.5, 0.6) is 0 Å². The molecule has 28 heavy (non-hydrogen) atoms. The van der Waals surface area contributed by atoms with Crippen molar-refractivity contribution in [3.8, 4) is 0 Å². The van der Waals surface area contributed by atoms with Crippen LogP contribution in [0, 0.1) is 13.8 Å². The maximum Gasteiger partial charge on any atom is 0.324 e. The summed E-state index contributed by atoms with van der Waals surface area (Å²) in [5, 5.41) is 3.52. The summed E-state index contributed by atoms with van der Waals surface area (Å²) in [6.07, 6.45) is 1.73. The number of amides is 2. The fourth-order valence-corrected chi connectivity index (χ4v) is 3.80. The lowest BCUT2D eigenvalue weighted by Crippen LogP contribution is -2.55. The van der Waals surface area contributed by atoms with Gasteiger partial charge >= 0.3 is 6.03 Å². The third-order valence-corrected chi connectivity index (χ3v) is 5.54. The molecule has 2 amide bonds. The number of aromatic amines is 1. The van der Waals surface area contributed by atoms with Crippen LogP contribution in [-0.4, -0.2) is 51.6 Å². The number of hydrogen-bond donors (Lipinski definition) is 2. The van der Waals surface area contributed by atoms with E-state index in [1.54, 1.807) is 6.20 Å². The molecule has 1 fully saturated rings. The van der Waals surface area contributed by atoms with Crippen molar-refractivity contribution < 1.29 is 4.79 Å². The van der Waals surface area contributed by atoms with E-state index in [-0.39, 0.29) is 12.1 Å². The third kappa shape index (κ3) is 3.49. The van der Waals surface area contributed by atoms with Crippen LogP contribution in [0.15, 0.2) is 30.5 Å². The number of piperazine rings is 1. The van der Waals surface area contributed by atoms with Gasteiger partial charge in [0.05, 0.1) is 16.1 Å². The molecule has 0 radical (unpaired) electrons. The van der Waals surface area contributed by atoms with E-state index in [1.807, 2.05) is 36.1 Å². The average molecular weight is 399 g/mol. The zero-order chi connectivity index (χ0) is 19.8. The normalized spacial score (nSPS) is 17.2. The second kappa shape index (κ2) is 7.31. The fourth-order valence-electron chi connectivity index (χ4n) is 3.56. The number of fused-ring (bicyclic) bond motifs is 1. The molecule has 0 bridgehead atoms. The highest BCUT2D eigenvalue weighted by Crippen LogP contribution is 2.25. The van der Waals surface area contributed by atoms with Gasteiger partial charge in [-0.25, -0.2) is 14.8 Å². The van der Waals surface area contributed by atoms with E-state index in [1.165, 1.54) is 11.1 Å². The third-order valence-electron chi connectivity index (χ3n) is 5.25. The fraction of sp³-hybridized carbons (Fsp3) is 0.350. The molecule has 8 heteroatoms. The number of benzene rings is 1. The number of aryl methyl sites for hydroxylation is 2. The molecule has 2 N–H and O–H groups in total. The highest BCUT2D eigenvalue weighted by atomic mass is 35.5. The predicted octanol–water partition coefficient (Wildman–Crippen LogP) is 3.97. The monoisotopic (exact) mass is 398 g/mol. The van der Waals surface area contributed by atoms with Gasteiger partial charge in [0, 0.05) is 31.9 Å². The number of nitrogens with one attached hydrogen (secondary N) is 2. The van der Waals surface area contributed by atoms with Crippen molar-refractivity contribution in [1.82, 2.24) is 19.9 Å². The van der Waals surface area contributed by atoms with Crippen LogP contribution in [0.25, 0.3) is 11.0 Å². The molecule has 1 aromatic carbocycles. The van der Waals surface area contributed by atoms with Crippen molar-refractivity contribution in [2.24, 2.45) is 0 Å². The first kappa shape index (κ1) is 18.6. The molecule has 0 saturated carbocycles. The van der Waals surface area contributed by atoms with Crippen molar-refractivity contribution in [3.05, 3.63) is 46.6 Å². The minimum Gasteiger partial charge on any atom is -0.352 e. The molecule has 0 unspecified atom stereocenters. The highest BCUT2D eigenvalue weighted by molar-refractivity contribution is 6.32. The molecule has 0 aliphatic carbocycles. The van der Waals surface area contributed by atoms with Gasteiger partial charge in [-0.05, 0) is 56.2 Å². The number of imidazole rings is 1. The summed E-state index contributed by atoms with van der Waals surface area (Å²) in [6, 6.07) is 7.57. The molecular weight excluding hydrogens is 376 g/mol. The number of pyridine rings is 1. The van der Waals surface area contributed by atoms with E-state index in [9.17, 15) is 4.79 Å². The van der Waals surface area contributed by atoms with Crippen LogP contribution in [0.4, 0.5) is 16.6 Å². The quantitative estimate of drug-likeness (QED) is 0.684. The van der Waals surface area contributed by atoms with E-state index in [0.29, 0.717) is 30.6 Å². The number of urea groups is 1. The molecule has 3 heterocycles. The summed E-state index contributed by atoms with van der Waals surface area (Å²) >= 11 is 6.26. The molecule has 2 aromatic heterocycles. The Labute approximate surface area is 168 Å². The van der Waals surface area contributed by atoms with Crippen molar-refractivity contribution in [1.29, 1.82) is 0 Å². The Morgan fingerprint density at radius 2 is 2.07 bits per heavy atom. The Hall–Kier alpha value is -2.80. The van der Waals surface area contributed by atoms with Crippen LogP contribution in [-0.2, 0) is 0 Å². The highest BCUT2D eigenvalue weighted by Gasteiger charge is 2.29. The maximum atomic E-state index is 12.8. The summed E-state index contributed by atoms with van der Waals surface area (Å²) in [5.41, 5.74) is 4.13.